The summed E-state index contributed by atoms with van der Waals surface area (Å²) in [6.45, 7) is 4.40. The van der Waals surface area contributed by atoms with Gasteiger partial charge in [0.25, 0.3) is 0 Å². The van der Waals surface area contributed by atoms with Crippen LogP contribution in [0.5, 0.6) is 0 Å². The maximum atomic E-state index is 3.59. The van der Waals surface area contributed by atoms with Gasteiger partial charge in [-0.15, -0.1) is 0 Å². The van der Waals surface area contributed by atoms with Crippen LogP contribution < -0.4 is 0 Å². The third-order valence-corrected chi connectivity index (χ3v) is 3.35. The highest BCUT2D eigenvalue weighted by molar-refractivity contribution is 9.10. The van der Waals surface area contributed by atoms with E-state index in [2.05, 4.69) is 70.0 Å². The average Bonchev–Trinajstić information content (AvgIpc) is 2.03. The highest BCUT2D eigenvalue weighted by atomic mass is 79.9. The zero-order valence-electron chi connectivity index (χ0n) is 7.22. The lowest BCUT2D eigenvalue weighted by atomic mass is 9.99. The molecule has 0 radical (unpaired) electrons. The zero-order chi connectivity index (χ0) is 9.14. The second kappa shape index (κ2) is 4.43. The fraction of sp³-hybridized carbons (Fsp3) is 0.400. The molecule has 0 fully saturated rings. The topological polar surface area (TPSA) is 0 Å². The van der Waals surface area contributed by atoms with Gasteiger partial charge < -0.3 is 0 Å². The lowest BCUT2D eigenvalue weighted by molar-refractivity contribution is 0.761. The summed E-state index contributed by atoms with van der Waals surface area (Å²) in [5.74, 6) is 0.558. The minimum absolute atomic E-state index is 0.520. The van der Waals surface area contributed by atoms with Gasteiger partial charge in [-0.1, -0.05) is 57.8 Å². The Morgan fingerprint density at radius 1 is 1.25 bits per heavy atom. The Hall–Kier alpha value is 0.180. The van der Waals surface area contributed by atoms with Crippen LogP contribution in [0.25, 0.3) is 0 Å². The van der Waals surface area contributed by atoms with E-state index >= 15 is 0 Å². The number of hydrogen-bond donors (Lipinski definition) is 0. The lowest BCUT2D eigenvalue weighted by Crippen LogP contribution is -2.03. The summed E-state index contributed by atoms with van der Waals surface area (Å²) >= 11 is 7.05. The summed E-state index contributed by atoms with van der Waals surface area (Å²) in [7, 11) is 0. The number of hydrogen-bond acceptors (Lipinski definition) is 0. The van der Waals surface area contributed by atoms with Gasteiger partial charge in [-0.2, -0.15) is 0 Å². The van der Waals surface area contributed by atoms with Crippen molar-refractivity contribution in [1.82, 2.24) is 0 Å². The number of alkyl halides is 1. The number of halogens is 2. The first-order chi connectivity index (χ1) is 5.61. The zero-order valence-corrected chi connectivity index (χ0v) is 10.4. The first-order valence-corrected chi connectivity index (χ1v) is 5.71. The summed E-state index contributed by atoms with van der Waals surface area (Å²) in [5.41, 5.74) is 1.37. The predicted molar refractivity (Wildman–Crippen MR) is 60.9 cm³/mol. The second-order valence-corrected chi connectivity index (χ2v) is 5.38. The van der Waals surface area contributed by atoms with Gasteiger partial charge in [0.05, 0.1) is 0 Å². The second-order valence-electron chi connectivity index (χ2n) is 3.02. The summed E-state index contributed by atoms with van der Waals surface area (Å²) in [6, 6.07) is 8.45. The van der Waals surface area contributed by atoms with Gasteiger partial charge in [0.1, 0.15) is 0 Å². The molecule has 0 aromatic heterocycles. The van der Waals surface area contributed by atoms with Crippen LogP contribution in [0.3, 0.4) is 0 Å². The Kier molecular flexibility index (Phi) is 3.78. The molecule has 0 bridgehead atoms. The number of rotatable bonds is 2. The van der Waals surface area contributed by atoms with Crippen molar-refractivity contribution in [3.63, 3.8) is 0 Å². The summed E-state index contributed by atoms with van der Waals surface area (Å²) < 4.78 is 1.15. The monoisotopic (exact) mass is 290 g/mol. The van der Waals surface area contributed by atoms with Crippen LogP contribution in [0.4, 0.5) is 0 Å². The Morgan fingerprint density at radius 2 is 1.92 bits per heavy atom. The van der Waals surface area contributed by atoms with Crippen LogP contribution in [-0.2, 0) is 0 Å². The van der Waals surface area contributed by atoms with Crippen LogP contribution in [-0.4, -0.2) is 4.83 Å². The van der Waals surface area contributed by atoms with Gasteiger partial charge in [-0.25, -0.2) is 0 Å². The molecule has 0 aliphatic rings. The summed E-state index contributed by atoms with van der Waals surface area (Å²) in [5, 5.41) is 0. The van der Waals surface area contributed by atoms with Crippen LogP contribution in [0.15, 0.2) is 28.7 Å². The third kappa shape index (κ3) is 2.60. The molecule has 0 saturated carbocycles. The van der Waals surface area contributed by atoms with Crippen molar-refractivity contribution in [2.75, 3.05) is 0 Å². The molecule has 1 rings (SSSR count). The molecule has 2 unspecified atom stereocenters. The molecule has 2 atom stereocenters. The Morgan fingerprint density at radius 3 is 2.42 bits per heavy atom. The van der Waals surface area contributed by atoms with Crippen LogP contribution >= 0.6 is 31.9 Å². The van der Waals surface area contributed by atoms with E-state index in [9.17, 15) is 0 Å². The quantitative estimate of drug-likeness (QED) is 0.711. The van der Waals surface area contributed by atoms with Crippen LogP contribution in [0.2, 0.25) is 0 Å². The standard InChI is InChI=1S/C10H12Br2/c1-7(8(2)11)9-4-3-5-10(12)6-9/h3-8H,1-2H3. The fourth-order valence-corrected chi connectivity index (χ4v) is 1.78. The van der Waals surface area contributed by atoms with Gasteiger partial charge in [0.2, 0.25) is 0 Å². The SMILES string of the molecule is CC(Br)C(C)c1cccc(Br)c1. The molecule has 0 spiro atoms. The van der Waals surface area contributed by atoms with Crippen molar-refractivity contribution >= 4 is 31.9 Å². The molecular weight excluding hydrogens is 280 g/mol. The first kappa shape index (κ1) is 10.3. The Labute approximate surface area is 90.6 Å². The third-order valence-electron chi connectivity index (χ3n) is 2.06. The molecule has 2 heteroatoms. The van der Waals surface area contributed by atoms with Gasteiger partial charge in [-0.05, 0) is 23.6 Å². The average molecular weight is 292 g/mol. The van der Waals surface area contributed by atoms with Gasteiger partial charge in [-0.3, -0.25) is 0 Å². The van der Waals surface area contributed by atoms with E-state index in [1.165, 1.54) is 5.56 Å². The molecule has 66 valence electrons. The van der Waals surface area contributed by atoms with E-state index in [1.54, 1.807) is 0 Å². The van der Waals surface area contributed by atoms with E-state index in [-0.39, 0.29) is 0 Å². The maximum Gasteiger partial charge on any atom is 0.0183 e. The fourth-order valence-electron chi connectivity index (χ4n) is 1.06. The van der Waals surface area contributed by atoms with Crippen molar-refractivity contribution in [3.8, 4) is 0 Å². The van der Waals surface area contributed by atoms with E-state index in [4.69, 9.17) is 0 Å². The van der Waals surface area contributed by atoms with Crippen LogP contribution in [0.1, 0.15) is 25.3 Å². The summed E-state index contributed by atoms with van der Waals surface area (Å²) in [6.07, 6.45) is 0. The normalized spacial score (nSPS) is 15.7. The molecule has 1 aromatic rings. The molecule has 1 aromatic carbocycles. The van der Waals surface area contributed by atoms with Gasteiger partial charge in [0, 0.05) is 9.30 Å². The molecule has 12 heavy (non-hydrogen) atoms. The van der Waals surface area contributed by atoms with E-state index in [0.717, 1.165) is 4.47 Å². The molecule has 0 nitrogen and oxygen atoms in total. The van der Waals surface area contributed by atoms with Crippen LogP contribution in [0, 0.1) is 0 Å². The van der Waals surface area contributed by atoms with E-state index in [0.29, 0.717) is 10.7 Å². The molecule has 0 aliphatic heterocycles. The van der Waals surface area contributed by atoms with E-state index < -0.39 is 0 Å². The van der Waals surface area contributed by atoms with Gasteiger partial charge >= 0.3 is 0 Å². The maximum absolute atomic E-state index is 3.59. The largest absolute Gasteiger partial charge is 0.0887 e. The Bertz CT molecular complexity index is 256. The van der Waals surface area contributed by atoms with Crippen molar-refractivity contribution in [1.29, 1.82) is 0 Å². The van der Waals surface area contributed by atoms with Crippen molar-refractivity contribution < 1.29 is 0 Å². The van der Waals surface area contributed by atoms with Gasteiger partial charge in [0.15, 0.2) is 0 Å². The van der Waals surface area contributed by atoms with Crippen molar-refractivity contribution in [2.45, 2.75) is 24.6 Å². The minimum atomic E-state index is 0.520. The highest BCUT2D eigenvalue weighted by Crippen LogP contribution is 2.25. The Balaban J connectivity index is 2.88. The first-order valence-electron chi connectivity index (χ1n) is 4.01. The minimum Gasteiger partial charge on any atom is -0.0887 e. The van der Waals surface area contributed by atoms with Crippen molar-refractivity contribution in [3.05, 3.63) is 34.3 Å². The predicted octanol–water partition coefficient (Wildman–Crippen LogP) is 4.34. The molecule has 0 aliphatic carbocycles. The number of benzene rings is 1. The molecule has 0 N–H and O–H groups in total. The smallest absolute Gasteiger partial charge is 0.0183 e. The van der Waals surface area contributed by atoms with Crippen molar-refractivity contribution in [2.24, 2.45) is 0 Å². The lowest BCUT2D eigenvalue weighted by Gasteiger charge is -2.14. The molecule has 0 heterocycles. The molecule has 0 amide bonds. The summed E-state index contributed by atoms with van der Waals surface area (Å²) in [4.78, 5) is 0.520. The molecule has 0 saturated heterocycles. The highest BCUT2D eigenvalue weighted by Gasteiger charge is 2.10. The van der Waals surface area contributed by atoms with E-state index in [1.807, 2.05) is 0 Å². The molecular formula is C10H12Br2.